The fraction of sp³-hybridized carbons (Fsp3) is 0.320. The van der Waals surface area contributed by atoms with Gasteiger partial charge in [0, 0.05) is 186 Å². The van der Waals surface area contributed by atoms with Crippen LogP contribution in [0.25, 0.3) is 131 Å². The van der Waals surface area contributed by atoms with Crippen LogP contribution in [0.5, 0.6) is 0 Å². The summed E-state index contributed by atoms with van der Waals surface area (Å²) in [6, 6.07) is 65.8. The Bertz CT molecular complexity index is 6400. The van der Waals surface area contributed by atoms with Gasteiger partial charge < -0.3 is 35.1 Å². The van der Waals surface area contributed by atoms with Crippen molar-refractivity contribution in [1.29, 1.82) is 0 Å². The first kappa shape index (κ1) is 89.2. The van der Waals surface area contributed by atoms with E-state index in [4.69, 9.17) is 39.9 Å². The topological polar surface area (TPSA) is 239 Å². The van der Waals surface area contributed by atoms with Crippen molar-refractivity contribution in [3.8, 4) is 90.6 Å². The van der Waals surface area contributed by atoms with Crippen LogP contribution in [0.4, 0.5) is 23.3 Å². The van der Waals surface area contributed by atoms with Crippen molar-refractivity contribution < 1.29 is 9.59 Å². The molecule has 4 aromatic carbocycles. The number of fused-ring (bicyclic) bond motifs is 4. The highest BCUT2D eigenvalue weighted by molar-refractivity contribution is 7.18. The summed E-state index contributed by atoms with van der Waals surface area (Å²) in [5, 5.41) is 20.0. The number of amides is 2. The standard InChI is InChI=1S/2C27H30N6OS.C27H30N6S.C22H20N4S/c1-19(2)16-29-23(34)17-32-12-14-33(15-13-32)26-24-21(20-8-4-3-5-9-20)18-35-27(24)31-25(30-26)22-10-6-7-11-28-22;1-3-32(4-2)23(34)18-31-14-16-33(17-15-31)26-24-21(20-10-6-5-7-11-20)19-35-27(24)30-25(29-26)22-12-8-9-13-28-22;1-2-8-21(9-3-1)22-20-34-27-24(22)26(29-25(30-27)23-10-4-5-11-28-23)33-18-16-32(17-19-33)15-14-31-12-6-7-13-31;1-2-8-15(9-3-1)17-14-27-22-19(17)21(24-16-10-4-5-11-16)25-20(26-22)18-12-6-7-13-23-18/h3-11,18-19H,12-17H2,1-2H3,(H,29,34);5-13,19H,3-4,14-18H2,1-2H3;1-5,8-11,20H,6-7,12-19H2;1-3,6-9,12-14,16H,4-5,10-11H2,(H,24,25,26). The number of pyridine rings is 4. The van der Waals surface area contributed by atoms with Crippen molar-refractivity contribution in [1.82, 2.24) is 89.6 Å². The second-order valence-corrected chi connectivity index (χ2v) is 37.4. The Labute approximate surface area is 781 Å². The van der Waals surface area contributed by atoms with Gasteiger partial charge in [-0.25, -0.2) is 39.9 Å². The van der Waals surface area contributed by atoms with E-state index in [9.17, 15) is 9.59 Å². The average Bonchev–Trinajstić information content (AvgIpc) is 1.65. The van der Waals surface area contributed by atoms with E-state index >= 15 is 0 Å². The number of nitrogens with zero attached hydrogens (tertiary/aromatic N) is 20. The number of hydrogen-bond donors (Lipinski definition) is 2. The minimum Gasteiger partial charge on any atom is -0.367 e. The molecule has 12 aromatic heterocycles. The second kappa shape index (κ2) is 43.1. The summed E-state index contributed by atoms with van der Waals surface area (Å²) in [4.78, 5) is 105. The summed E-state index contributed by atoms with van der Waals surface area (Å²) in [6.45, 7) is 26.9. The lowest BCUT2D eigenvalue weighted by Crippen LogP contribution is -2.50. The molecule has 21 rings (SSSR count). The molecule has 0 unspecified atom stereocenters. The van der Waals surface area contributed by atoms with E-state index in [2.05, 4.69) is 203 Å². The minimum atomic E-state index is 0.0956. The van der Waals surface area contributed by atoms with E-state index in [1.54, 1.807) is 63.9 Å². The predicted molar refractivity (Wildman–Crippen MR) is 538 cm³/mol. The van der Waals surface area contributed by atoms with Crippen LogP contribution in [-0.2, 0) is 9.59 Å². The van der Waals surface area contributed by atoms with E-state index in [1.165, 1.54) is 92.3 Å². The van der Waals surface area contributed by atoms with Crippen molar-refractivity contribution in [2.45, 2.75) is 72.3 Å². The van der Waals surface area contributed by atoms with Gasteiger partial charge in [0.1, 0.15) is 65.4 Å². The van der Waals surface area contributed by atoms with Gasteiger partial charge in [-0.05, 0) is 129 Å². The Hall–Kier alpha value is -12.4. The normalized spacial score (nSPS) is 15.3. The number of benzene rings is 4. The molecule has 4 aliphatic heterocycles. The number of carbonyl (C=O) groups excluding carboxylic acids is 2. The molecule has 0 spiro atoms. The van der Waals surface area contributed by atoms with E-state index < -0.39 is 0 Å². The maximum Gasteiger partial charge on any atom is 0.236 e. The number of piperazine rings is 3. The lowest BCUT2D eigenvalue weighted by atomic mass is 10.1. The van der Waals surface area contributed by atoms with Gasteiger partial charge in [-0.1, -0.05) is 172 Å². The number of hydrogen-bond acceptors (Lipinski definition) is 26. The number of anilines is 4. The van der Waals surface area contributed by atoms with Crippen molar-refractivity contribution in [3.05, 3.63) is 240 Å². The molecule has 2 amide bonds. The van der Waals surface area contributed by atoms with Gasteiger partial charge in [0.15, 0.2) is 23.3 Å². The summed E-state index contributed by atoms with van der Waals surface area (Å²) in [5.74, 6) is 7.31. The molecule has 4 saturated heterocycles. The van der Waals surface area contributed by atoms with Gasteiger partial charge in [-0.15, -0.1) is 45.3 Å². The maximum absolute atomic E-state index is 12.6. The molecule has 2 N–H and O–H groups in total. The molecule has 0 atom stereocenters. The van der Waals surface area contributed by atoms with Crippen LogP contribution < -0.4 is 25.3 Å². The van der Waals surface area contributed by atoms with Gasteiger partial charge in [0.2, 0.25) is 11.8 Å². The highest BCUT2D eigenvalue weighted by Gasteiger charge is 2.31. The van der Waals surface area contributed by atoms with Crippen LogP contribution in [0, 0.1) is 5.92 Å². The molecular formula is C103H110N22O2S4. The highest BCUT2D eigenvalue weighted by atomic mass is 32.1. The molecule has 5 fully saturated rings. The Morgan fingerprint density at radius 1 is 0.366 bits per heavy atom. The Balaban J connectivity index is 0.000000118. The average molecular weight is 1820 g/mol. The van der Waals surface area contributed by atoms with Crippen LogP contribution in [0.3, 0.4) is 0 Å². The number of thiophene rings is 4. The molecule has 1 aliphatic carbocycles. The first-order chi connectivity index (χ1) is 64.5. The lowest BCUT2D eigenvalue weighted by molar-refractivity contribution is -0.132. The molecule has 668 valence electrons. The van der Waals surface area contributed by atoms with Crippen molar-refractivity contribution in [2.24, 2.45) is 5.92 Å². The predicted octanol–water partition coefficient (Wildman–Crippen LogP) is 19.1. The SMILES string of the molecule is CC(C)CNC(=O)CN1CCN(c2nc(-c3ccccn3)nc3scc(-c4ccccc4)c23)CC1.CCN(CC)C(=O)CN1CCN(c2nc(-c3ccccn3)nc3scc(-c4ccccc4)c23)CC1.c1ccc(-c2csc3nc(-c4ccccn4)nc(N4CCN(CCN5CCCC5)CC4)c23)cc1.c1ccc(-c2csc3nc(-c4ccccn4)nc(NC4CCCC4)c23)cc1. The number of rotatable bonds is 24. The number of nitrogens with one attached hydrogen (secondary N) is 2. The van der Waals surface area contributed by atoms with E-state index in [0.717, 1.165) is 195 Å². The van der Waals surface area contributed by atoms with Crippen LogP contribution in [0.15, 0.2) is 240 Å². The first-order valence-corrected chi connectivity index (χ1v) is 49.5. The van der Waals surface area contributed by atoms with Crippen molar-refractivity contribution in [2.75, 3.05) is 157 Å². The van der Waals surface area contributed by atoms with Gasteiger partial charge in [0.25, 0.3) is 0 Å². The summed E-state index contributed by atoms with van der Waals surface area (Å²) in [5.41, 5.74) is 12.7. The molecule has 24 nitrogen and oxygen atoms in total. The molecule has 131 heavy (non-hydrogen) atoms. The van der Waals surface area contributed by atoms with Crippen LogP contribution in [-0.4, -0.2) is 240 Å². The molecule has 16 aromatic rings. The summed E-state index contributed by atoms with van der Waals surface area (Å²) in [7, 11) is 0. The summed E-state index contributed by atoms with van der Waals surface area (Å²) in [6.07, 6.45) is 14.9. The minimum absolute atomic E-state index is 0.0956. The Morgan fingerprint density at radius 3 is 1.03 bits per heavy atom. The Kier molecular flexibility index (Phi) is 29.4. The molecule has 16 heterocycles. The van der Waals surface area contributed by atoms with Gasteiger partial charge in [-0.2, -0.15) is 0 Å². The van der Waals surface area contributed by atoms with Crippen molar-refractivity contribution >= 4 is 121 Å². The second-order valence-electron chi connectivity index (χ2n) is 33.9. The van der Waals surface area contributed by atoms with E-state index in [0.29, 0.717) is 54.9 Å². The Morgan fingerprint density at radius 2 is 0.687 bits per heavy atom. The molecule has 0 bridgehead atoms. The third kappa shape index (κ3) is 21.6. The zero-order valence-corrected chi connectivity index (χ0v) is 78.0. The molecule has 1 saturated carbocycles. The number of aromatic nitrogens is 12. The fourth-order valence-corrected chi connectivity index (χ4v) is 21.5. The zero-order valence-electron chi connectivity index (χ0n) is 74.7. The number of likely N-dealkylation sites (tertiary alicyclic amines) is 1. The van der Waals surface area contributed by atoms with Gasteiger partial charge >= 0.3 is 0 Å². The fourth-order valence-electron chi connectivity index (χ4n) is 17.7. The van der Waals surface area contributed by atoms with Gasteiger partial charge in [0.05, 0.1) is 34.6 Å². The highest BCUT2D eigenvalue weighted by Crippen LogP contribution is 2.45. The van der Waals surface area contributed by atoms with E-state index in [-0.39, 0.29) is 11.8 Å². The first-order valence-electron chi connectivity index (χ1n) is 46.0. The van der Waals surface area contributed by atoms with Crippen molar-refractivity contribution in [3.63, 3.8) is 0 Å². The number of likely N-dealkylation sites (N-methyl/N-ethyl adjacent to an activating group) is 1. The quantitative estimate of drug-likeness (QED) is 0.0571. The molecule has 5 aliphatic rings. The number of carbonyl (C=O) groups is 2. The monoisotopic (exact) mass is 1810 g/mol. The molecule has 0 radical (unpaired) electrons. The zero-order chi connectivity index (χ0) is 89.2. The third-order valence-electron chi connectivity index (χ3n) is 24.8. The van der Waals surface area contributed by atoms with E-state index in [1.807, 2.05) is 116 Å². The van der Waals surface area contributed by atoms with Crippen LogP contribution in [0.2, 0.25) is 0 Å². The smallest absolute Gasteiger partial charge is 0.236 e. The molecular weight excluding hydrogens is 1710 g/mol. The third-order valence-corrected chi connectivity index (χ3v) is 28.3. The van der Waals surface area contributed by atoms with Crippen LogP contribution >= 0.6 is 45.3 Å². The van der Waals surface area contributed by atoms with Gasteiger partial charge in [-0.3, -0.25) is 44.2 Å². The van der Waals surface area contributed by atoms with Crippen LogP contribution in [0.1, 0.15) is 66.2 Å². The lowest BCUT2D eigenvalue weighted by Gasteiger charge is -2.36. The molecule has 28 heteroatoms. The maximum atomic E-state index is 12.6. The summed E-state index contributed by atoms with van der Waals surface area (Å²) >= 11 is 6.66. The summed E-state index contributed by atoms with van der Waals surface area (Å²) < 4.78 is 0. The largest absolute Gasteiger partial charge is 0.367 e.